The maximum Gasteiger partial charge on any atom is 0.321 e. The molecule has 0 spiro atoms. The van der Waals surface area contributed by atoms with Gasteiger partial charge in [0.2, 0.25) is 0 Å². The Kier molecular flexibility index (Phi) is 5.79. The van der Waals surface area contributed by atoms with Crippen LogP contribution in [0.1, 0.15) is 0 Å². The molecule has 0 radical (unpaired) electrons. The second kappa shape index (κ2) is 6.66. The molecule has 1 aliphatic heterocycles. The highest BCUT2D eigenvalue weighted by Crippen LogP contribution is 2.24. The SMILES string of the molecule is O=C(O)C1CSC([C@H](O)[C@@H](O)[C@H](O)[C@H](O)CO)N1. The van der Waals surface area contributed by atoms with E-state index in [2.05, 4.69) is 5.32 Å². The van der Waals surface area contributed by atoms with Gasteiger partial charge in [0.15, 0.2) is 0 Å². The van der Waals surface area contributed by atoms with Crippen molar-refractivity contribution in [1.29, 1.82) is 0 Å². The fraction of sp³-hybridized carbons (Fsp3) is 0.889. The first-order chi connectivity index (χ1) is 8.38. The zero-order chi connectivity index (χ0) is 13.9. The molecule has 106 valence electrons. The van der Waals surface area contributed by atoms with E-state index >= 15 is 0 Å². The Bertz CT molecular complexity index is 292. The Morgan fingerprint density at radius 3 is 2.33 bits per heavy atom. The molecule has 6 atom stereocenters. The van der Waals surface area contributed by atoms with Crippen LogP contribution in [-0.2, 0) is 4.79 Å². The minimum absolute atomic E-state index is 0.225. The molecule has 8 nitrogen and oxygen atoms in total. The van der Waals surface area contributed by atoms with Crippen LogP contribution in [0.15, 0.2) is 0 Å². The molecule has 0 aromatic rings. The second-order valence-electron chi connectivity index (χ2n) is 4.03. The van der Waals surface area contributed by atoms with Gasteiger partial charge in [-0.25, -0.2) is 0 Å². The smallest absolute Gasteiger partial charge is 0.321 e. The lowest BCUT2D eigenvalue weighted by Crippen LogP contribution is -2.52. The highest BCUT2D eigenvalue weighted by Gasteiger charge is 2.40. The summed E-state index contributed by atoms with van der Waals surface area (Å²) in [7, 11) is 0. The second-order valence-corrected chi connectivity index (χ2v) is 5.21. The van der Waals surface area contributed by atoms with Crippen LogP contribution in [0.5, 0.6) is 0 Å². The van der Waals surface area contributed by atoms with Crippen molar-refractivity contribution in [3.05, 3.63) is 0 Å². The number of nitrogens with one attached hydrogen (secondary N) is 1. The maximum atomic E-state index is 10.7. The number of rotatable bonds is 6. The summed E-state index contributed by atoms with van der Waals surface area (Å²) >= 11 is 1.09. The maximum absolute atomic E-state index is 10.7. The molecule has 1 fully saturated rings. The largest absolute Gasteiger partial charge is 0.480 e. The lowest BCUT2D eigenvalue weighted by Gasteiger charge is -2.28. The zero-order valence-corrected chi connectivity index (χ0v) is 10.2. The van der Waals surface area contributed by atoms with Crippen molar-refractivity contribution in [2.45, 2.75) is 35.8 Å². The predicted octanol–water partition coefficient (Wildman–Crippen LogP) is -3.46. The van der Waals surface area contributed by atoms with Crippen LogP contribution < -0.4 is 5.32 Å². The number of carbonyl (C=O) groups is 1. The Morgan fingerprint density at radius 2 is 1.89 bits per heavy atom. The van der Waals surface area contributed by atoms with E-state index in [4.69, 9.17) is 15.3 Å². The monoisotopic (exact) mass is 283 g/mol. The van der Waals surface area contributed by atoms with Gasteiger partial charge >= 0.3 is 5.97 Å². The quantitative estimate of drug-likeness (QED) is 0.264. The number of carboxylic acids is 1. The molecule has 1 rings (SSSR count). The molecule has 18 heavy (non-hydrogen) atoms. The van der Waals surface area contributed by atoms with Crippen molar-refractivity contribution in [3.8, 4) is 0 Å². The number of aliphatic hydroxyl groups excluding tert-OH is 5. The zero-order valence-electron chi connectivity index (χ0n) is 9.38. The molecular weight excluding hydrogens is 266 g/mol. The molecule has 2 unspecified atom stereocenters. The van der Waals surface area contributed by atoms with Crippen molar-refractivity contribution in [2.75, 3.05) is 12.4 Å². The van der Waals surface area contributed by atoms with E-state index in [-0.39, 0.29) is 5.75 Å². The van der Waals surface area contributed by atoms with Crippen LogP contribution in [0, 0.1) is 0 Å². The lowest BCUT2D eigenvalue weighted by atomic mass is 10.0. The summed E-state index contributed by atoms with van der Waals surface area (Å²) in [5.74, 6) is -0.842. The lowest BCUT2D eigenvalue weighted by molar-refractivity contribution is -0.139. The summed E-state index contributed by atoms with van der Waals surface area (Å²) in [4.78, 5) is 10.7. The van der Waals surface area contributed by atoms with Gasteiger partial charge in [0.1, 0.15) is 30.5 Å². The molecule has 0 amide bonds. The average molecular weight is 283 g/mol. The van der Waals surface area contributed by atoms with Crippen LogP contribution in [0.4, 0.5) is 0 Å². The van der Waals surface area contributed by atoms with Crippen LogP contribution >= 0.6 is 11.8 Å². The Labute approximate surface area is 107 Å². The Hall–Kier alpha value is -0.420. The Morgan fingerprint density at radius 1 is 1.28 bits per heavy atom. The number of hydrogen-bond acceptors (Lipinski definition) is 8. The van der Waals surface area contributed by atoms with E-state index in [9.17, 15) is 20.1 Å². The first-order valence-corrected chi connectivity index (χ1v) is 6.37. The summed E-state index contributed by atoms with van der Waals surface area (Å²) in [6.45, 7) is -0.756. The number of hydrogen-bond donors (Lipinski definition) is 7. The van der Waals surface area contributed by atoms with Crippen LogP contribution in [0.25, 0.3) is 0 Å². The fourth-order valence-electron chi connectivity index (χ4n) is 1.55. The summed E-state index contributed by atoms with van der Waals surface area (Å²) in [5, 5.41) is 57.1. The van der Waals surface area contributed by atoms with Gasteiger partial charge in [0.05, 0.1) is 12.0 Å². The van der Waals surface area contributed by atoms with Gasteiger partial charge in [-0.1, -0.05) is 0 Å². The van der Waals surface area contributed by atoms with E-state index in [1.807, 2.05) is 0 Å². The molecule has 1 heterocycles. The molecule has 0 bridgehead atoms. The van der Waals surface area contributed by atoms with Crippen LogP contribution in [-0.4, -0.2) is 84.8 Å². The summed E-state index contributed by atoms with van der Waals surface area (Å²) in [6, 6.07) is -0.832. The van der Waals surface area contributed by atoms with E-state index in [0.29, 0.717) is 0 Å². The number of aliphatic carboxylic acids is 1. The third-order valence-electron chi connectivity index (χ3n) is 2.70. The van der Waals surface area contributed by atoms with Gasteiger partial charge in [-0.3, -0.25) is 10.1 Å². The van der Waals surface area contributed by atoms with Crippen LogP contribution in [0.3, 0.4) is 0 Å². The first kappa shape index (κ1) is 15.6. The standard InChI is InChI=1S/C9H17NO7S/c11-1-4(12)5(13)6(14)7(15)8-10-3(2-18-8)9(16)17/h3-8,10-15H,1-2H2,(H,16,17)/t3?,4-,5-,6+,7-,8?/m1/s1. The summed E-state index contributed by atoms with van der Waals surface area (Å²) in [6.07, 6.45) is -6.44. The molecule has 9 heteroatoms. The van der Waals surface area contributed by atoms with Gasteiger partial charge in [0, 0.05) is 5.75 Å². The number of carboxylic acid groups (broad SMARTS) is 1. The molecule has 7 N–H and O–H groups in total. The molecule has 1 saturated heterocycles. The number of thioether (sulfide) groups is 1. The normalized spacial score (nSPS) is 30.7. The molecule has 0 aliphatic carbocycles. The molecule has 0 aromatic heterocycles. The van der Waals surface area contributed by atoms with E-state index in [1.54, 1.807) is 0 Å². The number of aliphatic hydroxyl groups is 5. The first-order valence-electron chi connectivity index (χ1n) is 5.32. The van der Waals surface area contributed by atoms with Crippen molar-refractivity contribution in [1.82, 2.24) is 5.32 Å². The van der Waals surface area contributed by atoms with Crippen LogP contribution in [0.2, 0.25) is 0 Å². The van der Waals surface area contributed by atoms with Crippen molar-refractivity contribution >= 4 is 17.7 Å². The van der Waals surface area contributed by atoms with Gasteiger partial charge < -0.3 is 30.6 Å². The van der Waals surface area contributed by atoms with Gasteiger partial charge in [-0.15, -0.1) is 11.8 Å². The molecular formula is C9H17NO7S. The van der Waals surface area contributed by atoms with Crippen molar-refractivity contribution in [2.24, 2.45) is 0 Å². The van der Waals surface area contributed by atoms with Gasteiger partial charge in [-0.05, 0) is 0 Å². The minimum atomic E-state index is -1.71. The molecule has 0 aromatic carbocycles. The third kappa shape index (κ3) is 3.54. The van der Waals surface area contributed by atoms with Crippen molar-refractivity contribution in [3.63, 3.8) is 0 Å². The van der Waals surface area contributed by atoms with E-state index in [0.717, 1.165) is 11.8 Å². The third-order valence-corrected chi connectivity index (χ3v) is 4.00. The van der Waals surface area contributed by atoms with Crippen molar-refractivity contribution < 1.29 is 35.4 Å². The molecule has 0 saturated carbocycles. The van der Waals surface area contributed by atoms with E-state index in [1.165, 1.54) is 0 Å². The highest BCUT2D eigenvalue weighted by molar-refractivity contribution is 8.00. The fourth-order valence-corrected chi connectivity index (χ4v) is 2.81. The van der Waals surface area contributed by atoms with Gasteiger partial charge in [-0.2, -0.15) is 0 Å². The van der Waals surface area contributed by atoms with E-state index < -0.39 is 48.4 Å². The Balaban J connectivity index is 2.54. The van der Waals surface area contributed by atoms with Gasteiger partial charge in [0.25, 0.3) is 0 Å². The highest BCUT2D eigenvalue weighted by atomic mass is 32.2. The minimum Gasteiger partial charge on any atom is -0.480 e. The topological polar surface area (TPSA) is 150 Å². The average Bonchev–Trinajstić information content (AvgIpc) is 2.84. The molecule has 1 aliphatic rings. The summed E-state index contributed by atoms with van der Waals surface area (Å²) < 4.78 is 0. The summed E-state index contributed by atoms with van der Waals surface area (Å²) in [5.41, 5.74) is 0. The predicted molar refractivity (Wildman–Crippen MR) is 61.9 cm³/mol.